The molecule has 2 aromatic carbocycles. The van der Waals surface area contributed by atoms with Gasteiger partial charge in [-0.3, -0.25) is 0 Å². The maximum Gasteiger partial charge on any atom is 0.408 e. The number of hydrogen-bond donors (Lipinski definition) is 4. The number of aliphatic hydroxyl groups is 2. The first-order valence-electron chi connectivity index (χ1n) is 20.6. The summed E-state index contributed by atoms with van der Waals surface area (Å²) in [5.74, 6) is 0.889. The van der Waals surface area contributed by atoms with Crippen LogP contribution in [0.2, 0.25) is 0 Å². The molecule has 0 unspecified atom stereocenters. The van der Waals surface area contributed by atoms with Gasteiger partial charge in [-0.25, -0.2) is 4.79 Å². The Hall–Kier alpha value is -2.41. The fraction of sp³-hybridized carbons (Fsp3) is 0.711. The Morgan fingerprint density at radius 2 is 1.16 bits per heavy atom. The molecule has 6 nitrogen and oxygen atoms in total. The summed E-state index contributed by atoms with van der Waals surface area (Å²) in [6, 6.07) is 18.1. The normalized spacial score (nSPS) is 23.1. The highest BCUT2D eigenvalue weighted by atomic mass is 16.6. The van der Waals surface area contributed by atoms with Crippen molar-refractivity contribution < 1.29 is 19.7 Å². The van der Waals surface area contributed by atoms with Crippen molar-refractivity contribution in [2.45, 2.75) is 192 Å². The number of unbranched alkanes of at least 4 members (excludes halogenated alkanes) is 10. The molecule has 2 fully saturated rings. The SMILES string of the molecule is CCCCCCCCc1ccc([C@H]2CC[C@@](CO)(NC(=O)OC(C)(C)C)C2)cc1.CCCCCCCCc1ccc([C@H]2CC[C@](N)(CO)C2)cc1. The van der Waals surface area contributed by atoms with Gasteiger partial charge in [0.15, 0.2) is 0 Å². The van der Waals surface area contributed by atoms with Crippen LogP contribution in [0.3, 0.4) is 0 Å². The van der Waals surface area contributed by atoms with Crippen molar-refractivity contribution in [1.82, 2.24) is 5.32 Å². The first kappa shape index (κ1) is 43.0. The van der Waals surface area contributed by atoms with Crippen LogP contribution in [-0.4, -0.2) is 46.2 Å². The average Bonchev–Trinajstić information content (AvgIpc) is 3.72. The fourth-order valence-corrected chi connectivity index (χ4v) is 7.94. The summed E-state index contributed by atoms with van der Waals surface area (Å²) in [6.45, 7) is 10.1. The number of carbonyl (C=O) groups excluding carboxylic acids is 1. The molecular formula is C45H74N2O4. The summed E-state index contributed by atoms with van der Waals surface area (Å²) in [7, 11) is 0. The summed E-state index contributed by atoms with van der Waals surface area (Å²) in [5, 5.41) is 22.3. The lowest BCUT2D eigenvalue weighted by Gasteiger charge is -2.30. The molecule has 4 rings (SSSR count). The van der Waals surface area contributed by atoms with E-state index in [9.17, 15) is 15.0 Å². The second-order valence-electron chi connectivity index (χ2n) is 17.0. The largest absolute Gasteiger partial charge is 0.444 e. The van der Waals surface area contributed by atoms with Crippen LogP contribution in [-0.2, 0) is 17.6 Å². The van der Waals surface area contributed by atoms with E-state index < -0.39 is 17.2 Å². The van der Waals surface area contributed by atoms with Crippen molar-refractivity contribution in [2.75, 3.05) is 13.2 Å². The van der Waals surface area contributed by atoms with Crippen molar-refractivity contribution >= 4 is 6.09 Å². The van der Waals surface area contributed by atoms with E-state index in [0.29, 0.717) is 11.8 Å². The number of ether oxygens (including phenoxy) is 1. The Morgan fingerprint density at radius 1 is 0.706 bits per heavy atom. The minimum atomic E-state index is -0.579. The van der Waals surface area contributed by atoms with Gasteiger partial charge in [0.2, 0.25) is 0 Å². The molecule has 2 aromatic rings. The van der Waals surface area contributed by atoms with Crippen LogP contribution in [0.25, 0.3) is 0 Å². The molecule has 2 aliphatic rings. The van der Waals surface area contributed by atoms with E-state index in [1.54, 1.807) is 0 Å². The molecule has 6 heteroatoms. The summed E-state index contributed by atoms with van der Waals surface area (Å²) >= 11 is 0. The van der Waals surface area contributed by atoms with Crippen LogP contribution < -0.4 is 11.1 Å². The second-order valence-corrected chi connectivity index (χ2v) is 17.0. The number of aliphatic hydroxyl groups excluding tert-OH is 2. The van der Waals surface area contributed by atoms with Crippen molar-refractivity contribution in [3.05, 3.63) is 70.8 Å². The Labute approximate surface area is 311 Å². The molecule has 1 amide bonds. The van der Waals surface area contributed by atoms with Crippen molar-refractivity contribution in [3.8, 4) is 0 Å². The third-order valence-corrected chi connectivity index (χ3v) is 11.2. The molecule has 288 valence electrons. The predicted octanol–water partition coefficient (Wildman–Crippen LogP) is 10.7. The van der Waals surface area contributed by atoms with E-state index in [1.807, 2.05) is 20.8 Å². The van der Waals surface area contributed by atoms with Crippen LogP contribution in [0.5, 0.6) is 0 Å². The van der Waals surface area contributed by atoms with Gasteiger partial charge < -0.3 is 26.0 Å². The third kappa shape index (κ3) is 15.6. The van der Waals surface area contributed by atoms with E-state index in [0.717, 1.165) is 44.9 Å². The van der Waals surface area contributed by atoms with E-state index in [4.69, 9.17) is 10.5 Å². The van der Waals surface area contributed by atoms with Gasteiger partial charge in [0.05, 0.1) is 18.8 Å². The molecule has 2 saturated carbocycles. The number of nitrogens with two attached hydrogens (primary N) is 1. The molecule has 0 aliphatic heterocycles. The number of carbonyl (C=O) groups is 1. The molecule has 0 radical (unpaired) electrons. The monoisotopic (exact) mass is 707 g/mol. The number of amides is 1. The van der Waals surface area contributed by atoms with Gasteiger partial charge in [-0.1, -0.05) is 127 Å². The zero-order valence-electron chi connectivity index (χ0n) is 33.1. The van der Waals surface area contributed by atoms with E-state index >= 15 is 0 Å². The minimum absolute atomic E-state index is 0.0567. The van der Waals surface area contributed by atoms with E-state index in [2.05, 4.69) is 67.7 Å². The predicted molar refractivity (Wildman–Crippen MR) is 213 cm³/mol. The number of benzene rings is 2. The smallest absolute Gasteiger partial charge is 0.408 e. The highest BCUT2D eigenvalue weighted by Crippen LogP contribution is 2.41. The highest BCUT2D eigenvalue weighted by molar-refractivity contribution is 5.69. The van der Waals surface area contributed by atoms with Gasteiger partial charge in [-0.15, -0.1) is 0 Å². The topological polar surface area (TPSA) is 105 Å². The molecule has 51 heavy (non-hydrogen) atoms. The molecule has 0 spiro atoms. The lowest BCUT2D eigenvalue weighted by Crippen LogP contribution is -2.51. The van der Waals surface area contributed by atoms with Crippen molar-refractivity contribution in [3.63, 3.8) is 0 Å². The second kappa shape index (κ2) is 22.0. The quantitative estimate of drug-likeness (QED) is 0.109. The Morgan fingerprint density at radius 3 is 1.59 bits per heavy atom. The first-order valence-corrected chi connectivity index (χ1v) is 20.6. The molecule has 0 bridgehead atoms. The van der Waals surface area contributed by atoms with Crippen LogP contribution >= 0.6 is 0 Å². The average molecular weight is 707 g/mol. The van der Waals surface area contributed by atoms with Crippen LogP contribution in [0, 0.1) is 0 Å². The van der Waals surface area contributed by atoms with Gasteiger partial charge in [0.1, 0.15) is 5.60 Å². The Kier molecular flexibility index (Phi) is 18.5. The van der Waals surface area contributed by atoms with Crippen LogP contribution in [0.1, 0.15) is 184 Å². The van der Waals surface area contributed by atoms with Gasteiger partial charge >= 0.3 is 6.09 Å². The summed E-state index contributed by atoms with van der Waals surface area (Å²) in [5.41, 5.74) is 10.3. The molecule has 0 aromatic heterocycles. The number of rotatable bonds is 19. The Bertz CT molecular complexity index is 1240. The summed E-state index contributed by atoms with van der Waals surface area (Å²) in [6.07, 6.45) is 23.4. The maximum atomic E-state index is 12.2. The lowest BCUT2D eigenvalue weighted by molar-refractivity contribution is 0.0401. The number of hydrogen-bond acceptors (Lipinski definition) is 5. The third-order valence-electron chi connectivity index (χ3n) is 11.2. The molecular weight excluding hydrogens is 633 g/mol. The highest BCUT2D eigenvalue weighted by Gasteiger charge is 2.41. The maximum absolute atomic E-state index is 12.2. The molecule has 0 saturated heterocycles. The van der Waals surface area contributed by atoms with Gasteiger partial charge in [-0.2, -0.15) is 0 Å². The zero-order chi connectivity index (χ0) is 37.2. The molecule has 0 heterocycles. The standard InChI is InChI=1S/C25H41NO3.C20H33NO/c1-5-6-7-8-9-10-11-20-12-14-21(15-13-20)22-16-17-25(18-22,19-27)26-23(28)29-24(2,3)4;1-2-3-4-5-6-7-8-17-9-11-18(12-10-17)19-13-14-20(21,15-19)16-22/h12-15,22,27H,5-11,16-19H2,1-4H3,(H,26,28);9-12,19,22H,2-8,13-16,21H2,1H3/t22-,25+;19-,20+/m00/s1. The number of nitrogens with one attached hydrogen (secondary N) is 1. The minimum Gasteiger partial charge on any atom is -0.444 e. The van der Waals surface area contributed by atoms with Crippen LogP contribution in [0.4, 0.5) is 4.79 Å². The summed E-state index contributed by atoms with van der Waals surface area (Å²) < 4.78 is 5.39. The molecule has 2 aliphatic carbocycles. The van der Waals surface area contributed by atoms with Crippen LogP contribution in [0.15, 0.2) is 48.5 Å². The number of alkyl carbamates (subject to hydrolysis) is 1. The molecule has 4 atom stereocenters. The fourth-order valence-electron chi connectivity index (χ4n) is 7.94. The van der Waals surface area contributed by atoms with E-state index in [-0.39, 0.29) is 18.8 Å². The van der Waals surface area contributed by atoms with Gasteiger partial charge in [-0.05, 0) is 119 Å². The number of aryl methyl sites for hydroxylation is 2. The zero-order valence-corrected chi connectivity index (χ0v) is 33.1. The lowest BCUT2D eigenvalue weighted by atomic mass is 9.92. The van der Waals surface area contributed by atoms with Gasteiger partial charge in [0.25, 0.3) is 0 Å². The first-order chi connectivity index (χ1) is 24.4. The van der Waals surface area contributed by atoms with E-state index in [1.165, 1.54) is 106 Å². The summed E-state index contributed by atoms with van der Waals surface area (Å²) in [4.78, 5) is 12.2. The van der Waals surface area contributed by atoms with Crippen molar-refractivity contribution in [2.24, 2.45) is 5.73 Å². The molecule has 5 N–H and O–H groups in total. The Balaban J connectivity index is 0.000000286. The van der Waals surface area contributed by atoms with Crippen molar-refractivity contribution in [1.29, 1.82) is 0 Å². The van der Waals surface area contributed by atoms with Gasteiger partial charge in [0, 0.05) is 5.54 Å².